The smallest absolute Gasteiger partial charge is 0.305 e. The molecule has 1 rings (SSSR count). The normalized spacial score (nSPS) is 10.3. The molecule has 106 valence electrons. The maximum atomic E-state index is 10.6. The summed E-state index contributed by atoms with van der Waals surface area (Å²) in [6.45, 7) is 5.28. The number of carboxylic acids is 1. The van der Waals surface area contributed by atoms with E-state index in [-0.39, 0.29) is 6.42 Å². The van der Waals surface area contributed by atoms with E-state index in [1.807, 2.05) is 24.9 Å². The fraction of sp³-hybridized carbons (Fsp3) is 0.615. The Labute approximate surface area is 113 Å². The number of aliphatic carboxylic acids is 1. The molecule has 0 aliphatic carbocycles. The molecule has 0 fully saturated rings. The first kappa shape index (κ1) is 15.2. The van der Waals surface area contributed by atoms with E-state index in [1.165, 1.54) is 0 Å². The van der Waals surface area contributed by atoms with Gasteiger partial charge in [-0.15, -0.1) is 0 Å². The highest BCUT2D eigenvalue weighted by molar-refractivity contribution is 5.67. The molecule has 0 aliphatic rings. The molecule has 0 saturated carbocycles. The van der Waals surface area contributed by atoms with Crippen LogP contribution in [-0.2, 0) is 4.79 Å². The third-order valence-electron chi connectivity index (χ3n) is 2.71. The van der Waals surface area contributed by atoms with Gasteiger partial charge in [-0.05, 0) is 13.3 Å². The number of aryl methyl sites for hydroxylation is 1. The lowest BCUT2D eigenvalue weighted by Crippen LogP contribution is -2.22. The van der Waals surface area contributed by atoms with Crippen molar-refractivity contribution in [3.63, 3.8) is 0 Å². The zero-order valence-corrected chi connectivity index (χ0v) is 11.8. The molecule has 0 aliphatic heterocycles. The number of hydrogen-bond donors (Lipinski definition) is 2. The number of rotatable bonds is 8. The number of nitrogens with one attached hydrogen (secondary N) is 1. The van der Waals surface area contributed by atoms with E-state index in [9.17, 15) is 4.79 Å². The number of hydrogen-bond acceptors (Lipinski definition) is 5. The Bertz CT molecular complexity index is 423. The summed E-state index contributed by atoms with van der Waals surface area (Å²) in [6.07, 6.45) is 2.31. The summed E-state index contributed by atoms with van der Waals surface area (Å²) in [5.41, 5.74) is 0. The van der Waals surface area contributed by atoms with Crippen molar-refractivity contribution in [1.82, 2.24) is 9.97 Å². The molecule has 0 saturated heterocycles. The van der Waals surface area contributed by atoms with Crippen LogP contribution in [0.25, 0.3) is 0 Å². The monoisotopic (exact) mass is 266 g/mol. The van der Waals surface area contributed by atoms with E-state index in [2.05, 4.69) is 22.2 Å². The highest BCUT2D eigenvalue weighted by atomic mass is 16.4. The van der Waals surface area contributed by atoms with Crippen molar-refractivity contribution in [3.8, 4) is 0 Å². The first-order valence-electron chi connectivity index (χ1n) is 6.55. The van der Waals surface area contributed by atoms with Gasteiger partial charge < -0.3 is 15.3 Å². The van der Waals surface area contributed by atoms with Gasteiger partial charge in [0.15, 0.2) is 0 Å². The Morgan fingerprint density at radius 2 is 2.21 bits per heavy atom. The number of carboxylic acid groups (broad SMARTS) is 1. The summed E-state index contributed by atoms with van der Waals surface area (Å²) in [7, 11) is 1.83. The van der Waals surface area contributed by atoms with Gasteiger partial charge in [0.1, 0.15) is 17.5 Å². The van der Waals surface area contributed by atoms with Gasteiger partial charge in [0.25, 0.3) is 0 Å². The molecule has 6 nitrogen and oxygen atoms in total. The quantitative estimate of drug-likeness (QED) is 0.700. The molecule has 0 bridgehead atoms. The van der Waals surface area contributed by atoms with Crippen LogP contribution in [0.2, 0.25) is 0 Å². The Morgan fingerprint density at radius 3 is 2.84 bits per heavy atom. The summed E-state index contributed by atoms with van der Waals surface area (Å²) in [5, 5.41) is 11.9. The minimum absolute atomic E-state index is 0.0954. The number of nitrogens with zero attached hydrogens (tertiary/aromatic N) is 3. The zero-order valence-electron chi connectivity index (χ0n) is 11.8. The molecule has 0 spiro atoms. The zero-order chi connectivity index (χ0) is 14.3. The van der Waals surface area contributed by atoms with Gasteiger partial charge in [-0.2, -0.15) is 0 Å². The van der Waals surface area contributed by atoms with Gasteiger partial charge in [0.05, 0.1) is 6.42 Å². The average molecular weight is 266 g/mol. The summed E-state index contributed by atoms with van der Waals surface area (Å²) in [6, 6.07) is 1.85. The first-order chi connectivity index (χ1) is 9.02. The highest BCUT2D eigenvalue weighted by Crippen LogP contribution is 2.15. The van der Waals surface area contributed by atoms with E-state index in [0.717, 1.165) is 31.0 Å². The van der Waals surface area contributed by atoms with Crippen molar-refractivity contribution in [1.29, 1.82) is 0 Å². The van der Waals surface area contributed by atoms with Crippen LogP contribution < -0.4 is 10.2 Å². The molecule has 19 heavy (non-hydrogen) atoms. The van der Waals surface area contributed by atoms with Gasteiger partial charge in [-0.25, -0.2) is 9.97 Å². The molecule has 0 aromatic carbocycles. The van der Waals surface area contributed by atoms with Crippen LogP contribution >= 0.6 is 0 Å². The number of carbonyl (C=O) groups is 1. The molecule has 0 unspecified atom stereocenters. The number of aromatic nitrogens is 2. The van der Waals surface area contributed by atoms with E-state index >= 15 is 0 Å². The maximum Gasteiger partial charge on any atom is 0.305 e. The van der Waals surface area contributed by atoms with Gasteiger partial charge in [-0.1, -0.05) is 13.3 Å². The van der Waals surface area contributed by atoms with Crippen LogP contribution in [0, 0.1) is 6.92 Å². The van der Waals surface area contributed by atoms with Crippen molar-refractivity contribution < 1.29 is 9.90 Å². The number of unbranched alkanes of at least 4 members (excludes halogenated alkanes) is 1. The largest absolute Gasteiger partial charge is 0.481 e. The van der Waals surface area contributed by atoms with Crippen molar-refractivity contribution in [2.75, 3.05) is 30.4 Å². The molecule has 0 radical (unpaired) electrons. The van der Waals surface area contributed by atoms with E-state index < -0.39 is 5.97 Å². The molecular weight excluding hydrogens is 244 g/mol. The predicted octanol–water partition coefficient (Wildman–Crippen LogP) is 1.91. The van der Waals surface area contributed by atoms with Crippen LogP contribution in [0.1, 0.15) is 32.0 Å². The Kier molecular flexibility index (Phi) is 6.05. The lowest BCUT2D eigenvalue weighted by molar-refractivity contribution is -0.136. The van der Waals surface area contributed by atoms with Gasteiger partial charge in [0.2, 0.25) is 0 Å². The highest BCUT2D eigenvalue weighted by Gasteiger charge is 2.08. The SMILES string of the molecule is CCCCNc1cc(N(C)CCC(=O)O)nc(C)n1. The second kappa shape index (κ2) is 7.56. The number of anilines is 2. The van der Waals surface area contributed by atoms with Crippen LogP contribution in [0.5, 0.6) is 0 Å². The Hall–Kier alpha value is -1.85. The second-order valence-electron chi connectivity index (χ2n) is 4.50. The molecule has 0 atom stereocenters. The summed E-state index contributed by atoms with van der Waals surface area (Å²) < 4.78 is 0. The third-order valence-corrected chi connectivity index (χ3v) is 2.71. The molecule has 1 aromatic heterocycles. The molecule has 0 amide bonds. The topological polar surface area (TPSA) is 78.4 Å². The second-order valence-corrected chi connectivity index (χ2v) is 4.50. The Morgan fingerprint density at radius 1 is 1.47 bits per heavy atom. The minimum Gasteiger partial charge on any atom is -0.481 e. The van der Waals surface area contributed by atoms with Crippen LogP contribution in [-0.4, -0.2) is 41.2 Å². The molecule has 1 aromatic rings. The maximum absolute atomic E-state index is 10.6. The van der Waals surface area contributed by atoms with Crippen molar-refractivity contribution in [3.05, 3.63) is 11.9 Å². The Balaban J connectivity index is 2.69. The van der Waals surface area contributed by atoms with Crippen LogP contribution in [0.4, 0.5) is 11.6 Å². The van der Waals surface area contributed by atoms with Gasteiger partial charge in [0, 0.05) is 26.2 Å². The van der Waals surface area contributed by atoms with Crippen molar-refractivity contribution in [2.24, 2.45) is 0 Å². The fourth-order valence-corrected chi connectivity index (χ4v) is 1.61. The van der Waals surface area contributed by atoms with E-state index in [0.29, 0.717) is 12.4 Å². The molecule has 2 N–H and O–H groups in total. The van der Waals surface area contributed by atoms with Gasteiger partial charge in [-0.3, -0.25) is 4.79 Å². The standard InChI is InChI=1S/C13H22N4O2/c1-4-5-7-14-11-9-12(16-10(2)15-11)17(3)8-6-13(18)19/h9H,4-8H2,1-3H3,(H,18,19)(H,14,15,16). The third kappa shape index (κ3) is 5.54. The van der Waals surface area contributed by atoms with E-state index in [4.69, 9.17) is 5.11 Å². The molecule has 1 heterocycles. The molecular formula is C13H22N4O2. The van der Waals surface area contributed by atoms with Crippen molar-refractivity contribution in [2.45, 2.75) is 33.1 Å². The van der Waals surface area contributed by atoms with Crippen LogP contribution in [0.3, 0.4) is 0 Å². The fourth-order valence-electron chi connectivity index (χ4n) is 1.61. The summed E-state index contributed by atoms with van der Waals surface area (Å²) in [5.74, 6) is 1.41. The lowest BCUT2D eigenvalue weighted by Gasteiger charge is -2.18. The average Bonchev–Trinajstić information content (AvgIpc) is 2.35. The lowest BCUT2D eigenvalue weighted by atomic mass is 10.3. The molecule has 6 heteroatoms. The minimum atomic E-state index is -0.807. The van der Waals surface area contributed by atoms with E-state index in [1.54, 1.807) is 0 Å². The predicted molar refractivity (Wildman–Crippen MR) is 75.7 cm³/mol. The van der Waals surface area contributed by atoms with Crippen molar-refractivity contribution >= 4 is 17.6 Å². The van der Waals surface area contributed by atoms with Gasteiger partial charge >= 0.3 is 5.97 Å². The summed E-state index contributed by atoms with van der Waals surface area (Å²) >= 11 is 0. The summed E-state index contributed by atoms with van der Waals surface area (Å²) in [4.78, 5) is 21.0. The van der Waals surface area contributed by atoms with Crippen LogP contribution in [0.15, 0.2) is 6.07 Å². The first-order valence-corrected chi connectivity index (χ1v) is 6.55.